The Hall–Kier alpha value is 0.217. The molecule has 4 N–H and O–H groups in total. The SMILES string of the molecule is O=C([O-])[O][Pu].[NH4+]. The topological polar surface area (TPSA) is 85.9 Å². The standard InChI is InChI=1S/CH2O3.H3N.Pu/c2-1(3)4;;/h(H2,2,3,4);1H3;/q;;+1/p-1. The van der Waals surface area contributed by atoms with Gasteiger partial charge in [-0.05, 0) is 0 Å². The van der Waals surface area contributed by atoms with Gasteiger partial charge >= 0.3 is 46.6 Å². The van der Waals surface area contributed by atoms with Crippen molar-refractivity contribution in [3.05, 3.63) is 0 Å². The Morgan fingerprint density at radius 1 is 1.83 bits per heavy atom. The van der Waals surface area contributed by atoms with Crippen LogP contribution in [-0.2, 0) is 2.47 Å². The first-order valence-corrected chi connectivity index (χ1v) is 2.17. The van der Waals surface area contributed by atoms with E-state index in [1.165, 1.54) is 0 Å². The number of hydrogen-bond donors (Lipinski definition) is 1. The zero-order valence-corrected chi connectivity index (χ0v) is 6.53. The Labute approximate surface area is 52.9 Å². The van der Waals surface area contributed by atoms with Crippen molar-refractivity contribution in [1.29, 1.82) is 0 Å². The van der Waals surface area contributed by atoms with E-state index in [-0.39, 0.29) is 34.2 Å². The molecule has 37 valence electrons. The Morgan fingerprint density at radius 3 is 2.00 bits per heavy atom. The maximum absolute atomic E-state index is 9.07. The Balaban J connectivity index is 0. The van der Waals surface area contributed by atoms with Crippen LogP contribution in [0.15, 0.2) is 0 Å². The number of quaternary nitrogens is 1. The number of hydrogen-bond acceptors (Lipinski definition) is 3. The Morgan fingerprint density at radius 2 is 2.00 bits per heavy atom. The van der Waals surface area contributed by atoms with Crippen LogP contribution >= 0.6 is 0 Å². The van der Waals surface area contributed by atoms with Crippen LogP contribution < -0.4 is 11.3 Å². The van der Waals surface area contributed by atoms with Gasteiger partial charge < -0.3 is 6.15 Å². The summed E-state index contributed by atoms with van der Waals surface area (Å²) in [6.07, 6.45) is -1.44. The molecule has 0 bridgehead atoms. The molecule has 0 radical (unpaired) electrons. The van der Waals surface area contributed by atoms with Crippen molar-refractivity contribution >= 4 is 6.16 Å². The maximum Gasteiger partial charge on any atom is -0.369 e. The molecule has 4 nitrogen and oxygen atoms in total. The third kappa shape index (κ3) is 8.88. The van der Waals surface area contributed by atoms with Gasteiger partial charge in [-0.1, -0.05) is 0 Å². The molecule has 0 heterocycles. The summed E-state index contributed by atoms with van der Waals surface area (Å²) >= 11 is 0.279. The summed E-state index contributed by atoms with van der Waals surface area (Å²) in [5.74, 6) is 0. The number of carboxylic acid groups (broad SMARTS) is 1. The van der Waals surface area contributed by atoms with E-state index in [0.717, 1.165) is 0 Å². The molecule has 0 saturated carbocycles. The summed E-state index contributed by atoms with van der Waals surface area (Å²) in [5, 5.41) is 9.07. The molecule has 0 spiro atoms. The molecule has 0 atom stereocenters. The number of carbonyl (C=O) groups is 1. The second-order valence-electron chi connectivity index (χ2n) is 0.333. The van der Waals surface area contributed by atoms with Gasteiger partial charge in [0.1, 0.15) is 0 Å². The Bertz CT molecular complexity index is 46.1. The molecule has 0 rings (SSSR count). The van der Waals surface area contributed by atoms with Crippen LogP contribution in [0.1, 0.15) is 0 Å². The first kappa shape index (κ1) is 9.52. The van der Waals surface area contributed by atoms with Gasteiger partial charge in [0.2, 0.25) is 0 Å². The zero-order valence-electron chi connectivity index (χ0n) is 3.13. The molecule has 0 aliphatic carbocycles. The van der Waals surface area contributed by atoms with Gasteiger partial charge in [0.05, 0.1) is 0 Å². The third-order valence-corrected chi connectivity index (χ3v) is 0.635. The molecule has 5 heteroatoms. The van der Waals surface area contributed by atoms with E-state index >= 15 is 0 Å². The van der Waals surface area contributed by atoms with Crippen molar-refractivity contribution in [2.75, 3.05) is 0 Å². The van der Waals surface area contributed by atoms with Gasteiger partial charge in [0, 0.05) is 0 Å². The molecule has 0 saturated heterocycles. The average molecular weight is 322 g/mol. The van der Waals surface area contributed by atoms with Gasteiger partial charge in [0.25, 0.3) is 0 Å². The summed E-state index contributed by atoms with van der Waals surface area (Å²) in [7, 11) is 0. The van der Waals surface area contributed by atoms with Crippen LogP contribution in [0.3, 0.4) is 0 Å². The fourth-order valence-corrected chi connectivity index (χ4v) is 0. The van der Waals surface area contributed by atoms with Crippen molar-refractivity contribution in [2.45, 2.75) is 0 Å². The smallest absolute Gasteiger partial charge is 0.369 e. The van der Waals surface area contributed by atoms with E-state index in [1.54, 1.807) is 0 Å². The predicted octanol–water partition coefficient (Wildman–Crippen LogP) is -0.813. The summed E-state index contributed by atoms with van der Waals surface area (Å²) in [4.78, 5) is 9.07. The van der Waals surface area contributed by atoms with Crippen LogP contribution in [0, 0.1) is 28.0 Å². The minimum Gasteiger partial charge on any atom is -0.369 e. The largest absolute Gasteiger partial charge is 0.369 e. The van der Waals surface area contributed by atoms with Gasteiger partial charge in [-0.2, -0.15) is 0 Å². The third-order valence-electron chi connectivity index (χ3n) is 0.0680. The van der Waals surface area contributed by atoms with Crippen molar-refractivity contribution in [1.82, 2.24) is 6.15 Å². The summed E-state index contributed by atoms with van der Waals surface area (Å²) < 4.78 is 3.68. The van der Waals surface area contributed by atoms with E-state index < -0.39 is 6.16 Å². The molecule has 0 aliphatic heterocycles. The average Bonchev–Trinajstić information content (AvgIpc) is 1.38. The van der Waals surface area contributed by atoms with E-state index in [2.05, 4.69) is 2.47 Å². The van der Waals surface area contributed by atoms with Gasteiger partial charge in [-0.15, -0.1) is 0 Å². The van der Waals surface area contributed by atoms with Crippen molar-refractivity contribution < 1.29 is 40.4 Å². The quantitative estimate of drug-likeness (QED) is 0.633. The van der Waals surface area contributed by atoms with E-state index in [9.17, 15) is 0 Å². The summed E-state index contributed by atoms with van der Waals surface area (Å²) in [5.41, 5.74) is 0. The fourth-order valence-electron chi connectivity index (χ4n) is 0. The molecule has 6 heavy (non-hydrogen) atoms. The maximum atomic E-state index is 9.07. The monoisotopic (exact) mass is 316 g/mol. The molecule has 0 fully saturated rings. The second kappa shape index (κ2) is 5.22. The zero-order chi connectivity index (χ0) is 4.28. The molecular formula is CH4NO3Pu. The molecule has 0 unspecified atom stereocenters. The second-order valence-corrected chi connectivity index (χ2v) is 1.03. The summed E-state index contributed by atoms with van der Waals surface area (Å²) in [6, 6.07) is 0. The van der Waals surface area contributed by atoms with Crippen molar-refractivity contribution in [3.8, 4) is 0 Å². The first-order chi connectivity index (χ1) is 2.27. The van der Waals surface area contributed by atoms with Gasteiger partial charge in [-0.3, -0.25) is 0 Å². The first-order valence-electron chi connectivity index (χ1n) is 0.779. The molecule has 0 aliphatic rings. The van der Waals surface area contributed by atoms with E-state index in [0.29, 0.717) is 0 Å². The number of carbonyl (C=O) groups excluding carboxylic acids is 1. The normalized spacial score (nSPS) is 5.67. The van der Waals surface area contributed by atoms with Crippen LogP contribution in [0.4, 0.5) is 4.79 Å². The predicted molar refractivity (Wildman–Crippen MR) is 12.5 cm³/mol. The van der Waals surface area contributed by atoms with Crippen molar-refractivity contribution in [2.24, 2.45) is 0 Å². The molecule has 0 amide bonds. The molecule has 0 aromatic heterocycles. The molecule has 0 aromatic carbocycles. The van der Waals surface area contributed by atoms with Crippen LogP contribution in [0.5, 0.6) is 0 Å². The van der Waals surface area contributed by atoms with Gasteiger partial charge in [-0.25, -0.2) is 0 Å². The minimum absolute atomic E-state index is 0. The van der Waals surface area contributed by atoms with E-state index in [1.807, 2.05) is 0 Å². The fraction of sp³-hybridized carbons (Fsp3) is 0. The molecular weight excluding hydrogens is 318 g/mol. The summed E-state index contributed by atoms with van der Waals surface area (Å²) in [6.45, 7) is 0. The minimum atomic E-state index is -1.44. The van der Waals surface area contributed by atoms with Crippen LogP contribution in [0.25, 0.3) is 0 Å². The van der Waals surface area contributed by atoms with Gasteiger partial charge in [0.15, 0.2) is 0 Å². The molecule has 0 aromatic rings. The van der Waals surface area contributed by atoms with Crippen LogP contribution in [-0.4, -0.2) is 6.16 Å². The van der Waals surface area contributed by atoms with E-state index in [4.69, 9.17) is 9.90 Å². The van der Waals surface area contributed by atoms with Crippen molar-refractivity contribution in [3.63, 3.8) is 0 Å². The number of rotatable bonds is 0. The Kier molecular flexibility index (Phi) is 8.27. The van der Waals surface area contributed by atoms with Crippen LogP contribution in [0.2, 0.25) is 0 Å².